The fourth-order valence-corrected chi connectivity index (χ4v) is 5.26. The van der Waals surface area contributed by atoms with Crippen LogP contribution in [0.3, 0.4) is 0 Å². The zero-order chi connectivity index (χ0) is 32.8. The van der Waals surface area contributed by atoms with Crippen molar-refractivity contribution in [3.8, 4) is 11.5 Å². The highest BCUT2D eigenvalue weighted by atomic mass is 16.5. The van der Waals surface area contributed by atoms with Crippen LogP contribution in [0.4, 0.5) is 11.4 Å². The Morgan fingerprint density at radius 2 is 1.43 bits per heavy atom. The number of nitrogens with zero attached hydrogens (tertiary/aromatic N) is 4. The molecule has 1 aliphatic rings. The monoisotopic (exact) mass is 618 g/mol. The SMILES string of the molecule is CCOc1cc(C2=NN(C(=O)c3cccc(N(C)C(=O)c4ccc(N(C)C(=O)c5ccc(C)cc5)cc4)c3)CCC2)ccc1OC. The molecule has 3 amide bonds. The Bertz CT molecular complexity index is 1770. The lowest BCUT2D eigenvalue weighted by Gasteiger charge is -2.25. The topological polar surface area (TPSA) is 91.8 Å². The summed E-state index contributed by atoms with van der Waals surface area (Å²) in [7, 11) is 4.98. The van der Waals surface area contributed by atoms with E-state index in [0.29, 0.717) is 52.7 Å². The Kier molecular flexibility index (Phi) is 9.81. The van der Waals surface area contributed by atoms with Crippen molar-refractivity contribution >= 4 is 34.8 Å². The smallest absolute Gasteiger partial charge is 0.274 e. The average molecular weight is 619 g/mol. The molecule has 0 radical (unpaired) electrons. The molecular formula is C37H38N4O5. The molecule has 4 aromatic carbocycles. The van der Waals surface area contributed by atoms with E-state index in [4.69, 9.17) is 14.6 Å². The number of benzene rings is 4. The fourth-order valence-electron chi connectivity index (χ4n) is 5.26. The van der Waals surface area contributed by atoms with E-state index in [1.54, 1.807) is 86.8 Å². The van der Waals surface area contributed by atoms with Gasteiger partial charge < -0.3 is 19.3 Å². The van der Waals surface area contributed by atoms with Crippen LogP contribution in [0.15, 0.2) is 96.1 Å². The van der Waals surface area contributed by atoms with Gasteiger partial charge in [-0.1, -0.05) is 23.8 Å². The molecule has 0 fully saturated rings. The number of hydrazone groups is 1. The normalized spacial score (nSPS) is 12.6. The number of carbonyl (C=O) groups is 3. The summed E-state index contributed by atoms with van der Waals surface area (Å²) in [5, 5.41) is 6.18. The number of carbonyl (C=O) groups excluding carboxylic acids is 3. The van der Waals surface area contributed by atoms with Crippen LogP contribution in [-0.4, -0.2) is 62.8 Å². The molecule has 1 heterocycles. The summed E-state index contributed by atoms with van der Waals surface area (Å²) in [4.78, 5) is 43.0. The van der Waals surface area contributed by atoms with Crippen LogP contribution in [0.25, 0.3) is 0 Å². The molecule has 1 aliphatic heterocycles. The van der Waals surface area contributed by atoms with Gasteiger partial charge in [0.15, 0.2) is 11.5 Å². The van der Waals surface area contributed by atoms with Crippen molar-refractivity contribution < 1.29 is 23.9 Å². The van der Waals surface area contributed by atoms with Gasteiger partial charge in [-0.25, -0.2) is 5.01 Å². The Morgan fingerprint density at radius 3 is 2.09 bits per heavy atom. The second-order valence-corrected chi connectivity index (χ2v) is 11.1. The molecule has 4 aromatic rings. The first-order chi connectivity index (χ1) is 22.2. The molecule has 9 nitrogen and oxygen atoms in total. The van der Waals surface area contributed by atoms with Crippen molar-refractivity contribution in [1.82, 2.24) is 5.01 Å². The summed E-state index contributed by atoms with van der Waals surface area (Å²) in [6, 6.07) is 26.9. The molecule has 0 saturated heterocycles. The third-order valence-electron chi connectivity index (χ3n) is 7.95. The molecular weight excluding hydrogens is 580 g/mol. The van der Waals surface area contributed by atoms with Crippen LogP contribution in [-0.2, 0) is 0 Å². The molecule has 46 heavy (non-hydrogen) atoms. The van der Waals surface area contributed by atoms with Crippen LogP contribution >= 0.6 is 0 Å². The minimum atomic E-state index is -0.246. The van der Waals surface area contributed by atoms with Crippen molar-refractivity contribution in [2.24, 2.45) is 5.10 Å². The van der Waals surface area contributed by atoms with Crippen molar-refractivity contribution in [3.63, 3.8) is 0 Å². The number of hydrogen-bond donors (Lipinski definition) is 0. The zero-order valence-electron chi connectivity index (χ0n) is 26.8. The first-order valence-electron chi connectivity index (χ1n) is 15.2. The highest BCUT2D eigenvalue weighted by Gasteiger charge is 2.23. The number of ether oxygens (including phenoxy) is 2. The minimum absolute atomic E-state index is 0.137. The predicted molar refractivity (Wildman–Crippen MR) is 181 cm³/mol. The molecule has 9 heteroatoms. The summed E-state index contributed by atoms with van der Waals surface area (Å²) >= 11 is 0. The van der Waals surface area contributed by atoms with Crippen molar-refractivity contribution in [2.75, 3.05) is 44.2 Å². The lowest BCUT2D eigenvalue weighted by atomic mass is 10.0. The van der Waals surface area contributed by atoms with E-state index in [9.17, 15) is 14.4 Å². The maximum Gasteiger partial charge on any atom is 0.274 e. The number of amides is 3. The number of rotatable bonds is 9. The van der Waals surface area contributed by atoms with Gasteiger partial charge >= 0.3 is 0 Å². The summed E-state index contributed by atoms with van der Waals surface area (Å²) in [5.74, 6) is 0.645. The van der Waals surface area contributed by atoms with Crippen molar-refractivity contribution in [3.05, 3.63) is 119 Å². The maximum absolute atomic E-state index is 13.6. The van der Waals surface area contributed by atoms with Crippen LogP contribution in [0.1, 0.15) is 62.0 Å². The summed E-state index contributed by atoms with van der Waals surface area (Å²) in [5.41, 5.74) is 5.46. The van der Waals surface area contributed by atoms with Gasteiger partial charge in [0.1, 0.15) is 0 Å². The van der Waals surface area contributed by atoms with Gasteiger partial charge in [-0.2, -0.15) is 5.10 Å². The van der Waals surface area contributed by atoms with Gasteiger partial charge in [-0.3, -0.25) is 14.4 Å². The highest BCUT2D eigenvalue weighted by Crippen LogP contribution is 2.30. The fraction of sp³-hybridized carbons (Fsp3) is 0.243. The Hall–Kier alpha value is -5.44. The van der Waals surface area contributed by atoms with Gasteiger partial charge in [0, 0.05) is 54.3 Å². The third-order valence-corrected chi connectivity index (χ3v) is 7.95. The maximum atomic E-state index is 13.6. The van der Waals surface area contributed by atoms with Gasteiger partial charge in [-0.05, 0) is 99.5 Å². The largest absolute Gasteiger partial charge is 0.493 e. The van der Waals surface area contributed by atoms with Crippen molar-refractivity contribution in [1.29, 1.82) is 0 Å². The van der Waals surface area contributed by atoms with E-state index >= 15 is 0 Å². The Labute approximate surface area is 269 Å². The standard InChI is InChI=1S/C37H38N4O5/c1-6-46-34-24-28(18-21-33(34)45-5)32-11-8-22-41(38-32)37(44)29-9-7-10-31(23-29)40(4)36(43)27-16-19-30(20-17-27)39(3)35(42)26-14-12-25(2)13-15-26/h7,9-10,12-21,23-24H,6,8,11,22H2,1-5H3. The van der Waals surface area contributed by atoms with E-state index in [0.717, 1.165) is 29.7 Å². The number of hydrogen-bond acceptors (Lipinski definition) is 6. The molecule has 0 atom stereocenters. The minimum Gasteiger partial charge on any atom is -0.493 e. The quantitative estimate of drug-likeness (QED) is 0.211. The number of anilines is 2. The van der Waals surface area contributed by atoms with E-state index in [1.807, 2.05) is 44.2 Å². The van der Waals surface area contributed by atoms with Crippen LogP contribution in [0.2, 0.25) is 0 Å². The van der Waals surface area contributed by atoms with E-state index in [-0.39, 0.29) is 17.7 Å². The molecule has 0 spiro atoms. The molecule has 0 saturated carbocycles. The Balaban J connectivity index is 1.29. The highest BCUT2D eigenvalue weighted by molar-refractivity contribution is 6.08. The average Bonchev–Trinajstić information content (AvgIpc) is 3.10. The molecule has 236 valence electrons. The van der Waals surface area contributed by atoms with Crippen molar-refractivity contribution in [2.45, 2.75) is 26.7 Å². The first-order valence-corrected chi connectivity index (χ1v) is 15.2. The summed E-state index contributed by atoms with van der Waals surface area (Å²) in [6.07, 6.45) is 1.49. The molecule has 0 unspecified atom stereocenters. The second kappa shape index (κ2) is 14.1. The molecule has 5 rings (SSSR count). The lowest BCUT2D eigenvalue weighted by molar-refractivity contribution is 0.0751. The van der Waals surface area contributed by atoms with E-state index in [2.05, 4.69) is 0 Å². The van der Waals surface area contributed by atoms with Crippen LogP contribution in [0, 0.1) is 6.92 Å². The van der Waals surface area contributed by atoms with Gasteiger partial charge in [0.05, 0.1) is 19.4 Å². The number of aryl methyl sites for hydroxylation is 1. The second-order valence-electron chi connectivity index (χ2n) is 11.1. The molecule has 0 bridgehead atoms. The molecule has 0 N–H and O–H groups in total. The van der Waals surface area contributed by atoms with Crippen LogP contribution in [0.5, 0.6) is 11.5 Å². The van der Waals surface area contributed by atoms with Gasteiger partial charge in [-0.15, -0.1) is 0 Å². The molecule has 0 aromatic heterocycles. The number of methoxy groups -OCH3 is 1. The zero-order valence-corrected chi connectivity index (χ0v) is 26.8. The Morgan fingerprint density at radius 1 is 0.783 bits per heavy atom. The third kappa shape index (κ3) is 6.94. The summed E-state index contributed by atoms with van der Waals surface area (Å²) < 4.78 is 11.1. The summed E-state index contributed by atoms with van der Waals surface area (Å²) in [6.45, 7) is 4.88. The van der Waals surface area contributed by atoms with E-state index < -0.39 is 0 Å². The van der Waals surface area contributed by atoms with Crippen LogP contribution < -0.4 is 19.3 Å². The first kappa shape index (κ1) is 32.0. The molecule has 0 aliphatic carbocycles. The van der Waals surface area contributed by atoms with Gasteiger partial charge in [0.25, 0.3) is 17.7 Å². The predicted octanol–water partition coefficient (Wildman–Crippen LogP) is 6.60. The lowest BCUT2D eigenvalue weighted by Crippen LogP contribution is -2.32. The van der Waals surface area contributed by atoms with Gasteiger partial charge in [0.2, 0.25) is 0 Å². The van der Waals surface area contributed by atoms with E-state index in [1.165, 1.54) is 9.91 Å².